The van der Waals surface area contributed by atoms with Gasteiger partial charge < -0.3 is 4.74 Å². The van der Waals surface area contributed by atoms with Gasteiger partial charge in [0.15, 0.2) is 0 Å². The molecule has 2 nitrogen and oxygen atoms in total. The van der Waals surface area contributed by atoms with E-state index < -0.39 is 0 Å². The lowest BCUT2D eigenvalue weighted by molar-refractivity contribution is 0.415. The number of ether oxygens (including phenoxy) is 1. The van der Waals surface area contributed by atoms with Crippen LogP contribution in [0.2, 0.25) is 0 Å². The van der Waals surface area contributed by atoms with Gasteiger partial charge in [0.05, 0.1) is 13.2 Å². The summed E-state index contributed by atoms with van der Waals surface area (Å²) in [5.41, 5.74) is 2.23. The molecule has 0 unspecified atom stereocenters. The zero-order chi connectivity index (χ0) is 12.0. The molecule has 1 aromatic rings. The summed E-state index contributed by atoms with van der Waals surface area (Å²) in [6.45, 7) is 7.47. The molecule has 0 saturated heterocycles. The molecule has 0 radical (unpaired) electrons. The highest BCUT2D eigenvalue weighted by atomic mass is 16.5. The molecule has 0 atom stereocenters. The molecule has 0 saturated carbocycles. The molecule has 0 aromatic heterocycles. The van der Waals surface area contributed by atoms with E-state index in [9.17, 15) is 0 Å². The fourth-order valence-electron chi connectivity index (χ4n) is 1.14. The van der Waals surface area contributed by atoms with Crippen LogP contribution < -0.4 is 4.74 Å². The van der Waals surface area contributed by atoms with Crippen molar-refractivity contribution in [3.05, 3.63) is 60.7 Å². The lowest BCUT2D eigenvalue weighted by atomic mass is 10.1. The summed E-state index contributed by atoms with van der Waals surface area (Å²) in [4.78, 5) is 0. The fourth-order valence-corrected chi connectivity index (χ4v) is 1.14. The predicted molar refractivity (Wildman–Crippen MR) is 65.9 cm³/mol. The van der Waals surface area contributed by atoms with E-state index in [0.29, 0.717) is 5.57 Å². The topological polar surface area (TPSA) is 33.0 Å². The quantitative estimate of drug-likeness (QED) is 0.565. The predicted octanol–water partition coefficient (Wildman–Crippen LogP) is 3.34. The molecular weight excluding hydrogens is 198 g/mol. The van der Waals surface area contributed by atoms with Crippen LogP contribution in [-0.4, -0.2) is 7.11 Å². The summed E-state index contributed by atoms with van der Waals surface area (Å²) in [5, 5.41) is 8.54. The Morgan fingerprint density at radius 1 is 1.25 bits per heavy atom. The van der Waals surface area contributed by atoms with E-state index in [1.165, 1.54) is 0 Å². The van der Waals surface area contributed by atoms with Gasteiger partial charge in [-0.05, 0) is 29.3 Å². The van der Waals surface area contributed by atoms with Crippen molar-refractivity contribution >= 4 is 5.57 Å². The number of nitriles is 1. The highest BCUT2D eigenvalue weighted by molar-refractivity contribution is 5.73. The van der Waals surface area contributed by atoms with Crippen LogP contribution in [0.3, 0.4) is 0 Å². The molecule has 0 aliphatic heterocycles. The molecule has 0 amide bonds. The molecule has 0 bridgehead atoms. The number of benzene rings is 1. The minimum absolute atomic E-state index is 0.412. The molecule has 2 heteroatoms. The van der Waals surface area contributed by atoms with Gasteiger partial charge in [-0.2, -0.15) is 5.26 Å². The van der Waals surface area contributed by atoms with Crippen LogP contribution in [0.15, 0.2) is 55.1 Å². The Bertz CT molecular complexity index is 461. The first-order valence-electron chi connectivity index (χ1n) is 4.78. The van der Waals surface area contributed by atoms with Crippen molar-refractivity contribution in [2.45, 2.75) is 0 Å². The maximum Gasteiger partial charge on any atom is 0.118 e. The van der Waals surface area contributed by atoms with E-state index in [1.54, 1.807) is 19.3 Å². The lowest BCUT2D eigenvalue weighted by Crippen LogP contribution is -1.83. The molecular formula is C14H13NO. The van der Waals surface area contributed by atoms with Crippen LogP contribution >= 0.6 is 0 Å². The van der Waals surface area contributed by atoms with Gasteiger partial charge in [0.2, 0.25) is 0 Å². The SMILES string of the molecule is C=C(C#N)/C=C\C(=C)c1ccc(OC)cc1. The lowest BCUT2D eigenvalue weighted by Gasteiger charge is -2.02. The molecule has 0 spiro atoms. The Morgan fingerprint density at radius 2 is 1.88 bits per heavy atom. The summed E-state index contributed by atoms with van der Waals surface area (Å²) in [6, 6.07) is 9.52. The Labute approximate surface area is 95.8 Å². The van der Waals surface area contributed by atoms with Crippen molar-refractivity contribution in [2.24, 2.45) is 0 Å². The van der Waals surface area contributed by atoms with E-state index >= 15 is 0 Å². The first-order chi connectivity index (χ1) is 7.67. The van der Waals surface area contributed by atoms with Crippen molar-refractivity contribution in [2.75, 3.05) is 7.11 Å². The van der Waals surface area contributed by atoms with Gasteiger partial charge >= 0.3 is 0 Å². The first-order valence-corrected chi connectivity index (χ1v) is 4.78. The molecule has 0 heterocycles. The van der Waals surface area contributed by atoms with Gasteiger partial charge in [0, 0.05) is 5.57 Å². The van der Waals surface area contributed by atoms with Gasteiger partial charge in [-0.3, -0.25) is 0 Å². The first kappa shape index (κ1) is 11.8. The number of allylic oxidation sites excluding steroid dienone is 4. The van der Waals surface area contributed by atoms with Crippen molar-refractivity contribution in [3.8, 4) is 11.8 Å². The fraction of sp³-hybridized carbons (Fsp3) is 0.0714. The van der Waals surface area contributed by atoms with Crippen LogP contribution in [0.5, 0.6) is 5.75 Å². The largest absolute Gasteiger partial charge is 0.497 e. The summed E-state index contributed by atoms with van der Waals surface area (Å²) in [7, 11) is 1.63. The molecule has 0 aliphatic rings. The van der Waals surface area contributed by atoms with Crippen LogP contribution in [0.4, 0.5) is 0 Å². The minimum Gasteiger partial charge on any atom is -0.497 e. The number of hydrogen-bond acceptors (Lipinski definition) is 2. The maximum atomic E-state index is 8.54. The third kappa shape index (κ3) is 3.14. The number of methoxy groups -OCH3 is 1. The third-order valence-corrected chi connectivity index (χ3v) is 2.09. The van der Waals surface area contributed by atoms with E-state index in [1.807, 2.05) is 30.3 Å². The summed E-state index contributed by atoms with van der Waals surface area (Å²) >= 11 is 0. The van der Waals surface area contributed by atoms with Crippen molar-refractivity contribution < 1.29 is 4.74 Å². The average Bonchev–Trinajstić information content (AvgIpc) is 2.35. The van der Waals surface area contributed by atoms with Crippen LogP contribution in [0.25, 0.3) is 5.57 Å². The molecule has 1 aromatic carbocycles. The highest BCUT2D eigenvalue weighted by Gasteiger charge is 1.96. The average molecular weight is 211 g/mol. The van der Waals surface area contributed by atoms with Gasteiger partial charge in [-0.25, -0.2) is 0 Å². The van der Waals surface area contributed by atoms with Crippen LogP contribution in [0.1, 0.15) is 5.56 Å². The zero-order valence-corrected chi connectivity index (χ0v) is 9.23. The molecule has 80 valence electrons. The Kier molecular flexibility index (Phi) is 4.11. The smallest absolute Gasteiger partial charge is 0.118 e. The van der Waals surface area contributed by atoms with E-state index in [-0.39, 0.29) is 0 Å². The van der Waals surface area contributed by atoms with Crippen molar-refractivity contribution in [1.29, 1.82) is 5.26 Å². The number of nitrogens with zero attached hydrogens (tertiary/aromatic N) is 1. The van der Waals surface area contributed by atoms with Gasteiger partial charge in [0.25, 0.3) is 0 Å². The van der Waals surface area contributed by atoms with Gasteiger partial charge in [0.1, 0.15) is 5.75 Å². The van der Waals surface area contributed by atoms with Gasteiger partial charge in [-0.1, -0.05) is 31.4 Å². The molecule has 0 fully saturated rings. The van der Waals surface area contributed by atoms with Crippen molar-refractivity contribution in [3.63, 3.8) is 0 Å². The summed E-state index contributed by atoms with van der Waals surface area (Å²) < 4.78 is 5.06. The molecule has 1 rings (SSSR count). The normalized spacial score (nSPS) is 9.75. The monoisotopic (exact) mass is 211 g/mol. The number of rotatable bonds is 4. The summed E-state index contributed by atoms with van der Waals surface area (Å²) in [6.07, 6.45) is 3.42. The molecule has 16 heavy (non-hydrogen) atoms. The second kappa shape index (κ2) is 5.57. The van der Waals surface area contributed by atoms with E-state index in [0.717, 1.165) is 16.9 Å². The highest BCUT2D eigenvalue weighted by Crippen LogP contribution is 2.18. The third-order valence-electron chi connectivity index (χ3n) is 2.09. The van der Waals surface area contributed by atoms with E-state index in [2.05, 4.69) is 13.2 Å². The second-order valence-corrected chi connectivity index (χ2v) is 3.22. The molecule has 0 N–H and O–H groups in total. The zero-order valence-electron chi connectivity index (χ0n) is 9.23. The van der Waals surface area contributed by atoms with Crippen LogP contribution in [0, 0.1) is 11.3 Å². The Hall–Kier alpha value is -2.27. The number of hydrogen-bond donors (Lipinski definition) is 0. The Balaban J connectivity index is 2.78. The van der Waals surface area contributed by atoms with Crippen molar-refractivity contribution in [1.82, 2.24) is 0 Å². The second-order valence-electron chi connectivity index (χ2n) is 3.22. The van der Waals surface area contributed by atoms with Gasteiger partial charge in [-0.15, -0.1) is 0 Å². The molecule has 0 aliphatic carbocycles. The maximum absolute atomic E-state index is 8.54. The Morgan fingerprint density at radius 3 is 2.38 bits per heavy atom. The van der Waals surface area contributed by atoms with E-state index in [4.69, 9.17) is 10.00 Å². The summed E-state index contributed by atoms with van der Waals surface area (Å²) in [5.74, 6) is 0.807. The standard InChI is InChI=1S/C14H13NO/c1-11(10-15)4-5-12(2)13-6-8-14(16-3)9-7-13/h4-9H,1-2H2,3H3/b5-4-. The minimum atomic E-state index is 0.412. The van der Waals surface area contributed by atoms with Crippen LogP contribution in [-0.2, 0) is 0 Å².